The van der Waals surface area contributed by atoms with Crippen molar-refractivity contribution in [2.24, 2.45) is 4.99 Å². The highest BCUT2D eigenvalue weighted by Crippen LogP contribution is 2.33. The van der Waals surface area contributed by atoms with Gasteiger partial charge in [-0.3, -0.25) is 0 Å². The van der Waals surface area contributed by atoms with Gasteiger partial charge < -0.3 is 0 Å². The zero-order valence-electron chi connectivity index (χ0n) is 31.3. The first kappa shape index (κ1) is 38.7. The molecular formula is C48H57N. The molecule has 1 nitrogen and oxygen atoms in total. The van der Waals surface area contributed by atoms with Gasteiger partial charge in [-0.15, -0.1) is 0 Å². The number of nitrogens with zero attached hydrogens (tertiary/aromatic N) is 1. The first-order valence-corrected chi connectivity index (χ1v) is 17.8. The van der Waals surface area contributed by atoms with Gasteiger partial charge in [-0.1, -0.05) is 159 Å². The van der Waals surface area contributed by atoms with Gasteiger partial charge in [0.15, 0.2) is 0 Å². The summed E-state index contributed by atoms with van der Waals surface area (Å²) in [6.45, 7) is 25.3. The standard InChI is InChI=1S/C25H29N.C23H28/c1-6-9-13-21(7-2)24(8-3)26-25(22-17-15-19(4)16-18-22)23-14-11-10-12-20(23)5;1-6-11-22(23-15-10-8-13-18(23)3)20(5)16-19(4)21-14-9-7-12-17(21)2/h6-9,12-18H,1,10-11H2,2-5H3;7-10,12-16,22H,4,6,11H2,1-3,5H3/b13-9-,21-7+,24-8+,26-25?;20-16-. The van der Waals surface area contributed by atoms with E-state index in [1.54, 1.807) is 6.08 Å². The predicted octanol–water partition coefficient (Wildman–Crippen LogP) is 13.9. The van der Waals surface area contributed by atoms with Crippen LogP contribution >= 0.6 is 0 Å². The molecule has 0 fully saturated rings. The molecule has 0 saturated carbocycles. The molecule has 3 aromatic carbocycles. The molecule has 1 unspecified atom stereocenters. The van der Waals surface area contributed by atoms with Gasteiger partial charge in [-0.2, -0.15) is 0 Å². The number of aryl methyl sites for hydroxylation is 3. The second kappa shape index (κ2) is 19.9. The van der Waals surface area contributed by atoms with Crippen LogP contribution in [0, 0.1) is 20.8 Å². The molecule has 0 N–H and O–H groups in total. The van der Waals surface area contributed by atoms with Gasteiger partial charge in [-0.05, 0) is 112 Å². The SMILES string of the molecule is C=C(/C=C(/C)C(CCC)c1ccccc1C)c1ccccc1C.C=C\C=C/C(=C\C)C(=C\C)/N=C(C1=CCCC=C1C)c1ccc(C)cc1. The van der Waals surface area contributed by atoms with Crippen LogP contribution in [0.2, 0.25) is 0 Å². The van der Waals surface area contributed by atoms with Gasteiger partial charge in [0.2, 0.25) is 0 Å². The van der Waals surface area contributed by atoms with Gasteiger partial charge in [0.1, 0.15) is 0 Å². The number of allylic oxidation sites excluding steroid dienone is 12. The Bertz CT molecular complexity index is 1790. The summed E-state index contributed by atoms with van der Waals surface area (Å²) in [6.07, 6.45) is 21.4. The Hall–Kier alpha value is -4.75. The van der Waals surface area contributed by atoms with Crippen LogP contribution in [0.1, 0.15) is 99.6 Å². The van der Waals surface area contributed by atoms with Crippen molar-refractivity contribution < 1.29 is 0 Å². The second-order valence-electron chi connectivity index (χ2n) is 12.8. The average Bonchev–Trinajstić information content (AvgIpc) is 3.10. The molecule has 4 rings (SSSR count). The van der Waals surface area contributed by atoms with Crippen LogP contribution in [-0.2, 0) is 0 Å². The summed E-state index contributed by atoms with van der Waals surface area (Å²) in [5.74, 6) is 0.474. The van der Waals surface area contributed by atoms with Crippen LogP contribution in [-0.4, -0.2) is 5.71 Å². The molecular weight excluding hydrogens is 591 g/mol. The van der Waals surface area contributed by atoms with E-state index in [-0.39, 0.29) is 0 Å². The van der Waals surface area contributed by atoms with E-state index in [9.17, 15) is 0 Å². The third kappa shape index (κ3) is 11.1. The highest BCUT2D eigenvalue weighted by Gasteiger charge is 2.16. The lowest BCUT2D eigenvalue weighted by atomic mass is 9.84. The molecule has 1 heteroatoms. The summed E-state index contributed by atoms with van der Waals surface area (Å²) < 4.78 is 0. The van der Waals surface area contributed by atoms with E-state index in [1.165, 1.54) is 57.4 Å². The van der Waals surface area contributed by atoms with Crippen LogP contribution in [0.15, 0.2) is 168 Å². The summed E-state index contributed by atoms with van der Waals surface area (Å²) >= 11 is 0. The van der Waals surface area contributed by atoms with Crippen LogP contribution in [0.25, 0.3) is 5.57 Å². The molecule has 49 heavy (non-hydrogen) atoms. The van der Waals surface area contributed by atoms with E-state index in [1.807, 2.05) is 19.9 Å². The van der Waals surface area contributed by atoms with E-state index in [0.717, 1.165) is 41.0 Å². The molecule has 0 heterocycles. The Morgan fingerprint density at radius 3 is 2.08 bits per heavy atom. The first-order chi connectivity index (χ1) is 23.6. The highest BCUT2D eigenvalue weighted by molar-refractivity contribution is 6.15. The third-order valence-electron chi connectivity index (χ3n) is 9.08. The fourth-order valence-electron chi connectivity index (χ4n) is 6.27. The zero-order chi connectivity index (χ0) is 35.8. The lowest BCUT2D eigenvalue weighted by Gasteiger charge is -2.20. The molecule has 1 atom stereocenters. The minimum atomic E-state index is 0.474. The van der Waals surface area contributed by atoms with E-state index < -0.39 is 0 Å². The molecule has 254 valence electrons. The minimum Gasteiger partial charge on any atom is -0.248 e. The maximum absolute atomic E-state index is 5.11. The molecule has 0 radical (unpaired) electrons. The molecule has 3 aromatic rings. The summed E-state index contributed by atoms with van der Waals surface area (Å²) in [5.41, 5.74) is 15.9. The van der Waals surface area contributed by atoms with Crippen molar-refractivity contribution in [3.05, 3.63) is 196 Å². The zero-order valence-corrected chi connectivity index (χ0v) is 31.3. The van der Waals surface area contributed by atoms with Crippen LogP contribution in [0.4, 0.5) is 0 Å². The Morgan fingerprint density at radius 2 is 1.49 bits per heavy atom. The van der Waals surface area contributed by atoms with Gasteiger partial charge in [-0.25, -0.2) is 4.99 Å². The average molecular weight is 648 g/mol. The number of rotatable bonds is 12. The lowest BCUT2D eigenvalue weighted by molar-refractivity contribution is 0.683. The molecule has 1 aliphatic rings. The quantitative estimate of drug-likeness (QED) is 0.137. The molecule has 0 spiro atoms. The van der Waals surface area contributed by atoms with E-state index in [0.29, 0.717) is 5.92 Å². The monoisotopic (exact) mass is 647 g/mol. The van der Waals surface area contributed by atoms with Crippen LogP contribution < -0.4 is 0 Å². The van der Waals surface area contributed by atoms with Crippen molar-refractivity contribution in [1.29, 1.82) is 0 Å². The Balaban J connectivity index is 0.000000267. The summed E-state index contributed by atoms with van der Waals surface area (Å²) in [4.78, 5) is 5.11. The molecule has 0 aliphatic heterocycles. The molecule has 0 aromatic heterocycles. The largest absolute Gasteiger partial charge is 0.248 e. The Kier molecular flexibility index (Phi) is 15.7. The van der Waals surface area contributed by atoms with Crippen molar-refractivity contribution in [3.8, 4) is 0 Å². The number of hydrogen-bond acceptors (Lipinski definition) is 1. The summed E-state index contributed by atoms with van der Waals surface area (Å²) in [7, 11) is 0. The summed E-state index contributed by atoms with van der Waals surface area (Å²) in [5, 5.41) is 0. The van der Waals surface area contributed by atoms with Gasteiger partial charge in [0.05, 0.1) is 11.4 Å². The summed E-state index contributed by atoms with van der Waals surface area (Å²) in [6, 6.07) is 25.8. The highest BCUT2D eigenvalue weighted by atomic mass is 14.8. The second-order valence-corrected chi connectivity index (χ2v) is 12.8. The number of benzene rings is 3. The molecule has 0 amide bonds. The number of aliphatic imine (C=N–C) groups is 1. The van der Waals surface area contributed by atoms with E-state index in [4.69, 9.17) is 4.99 Å². The maximum atomic E-state index is 5.11. The Morgan fingerprint density at radius 1 is 0.837 bits per heavy atom. The van der Waals surface area contributed by atoms with Crippen LogP contribution in [0.3, 0.4) is 0 Å². The fraction of sp³-hybridized carbons (Fsp3) is 0.271. The van der Waals surface area contributed by atoms with Crippen molar-refractivity contribution in [3.63, 3.8) is 0 Å². The van der Waals surface area contributed by atoms with Crippen molar-refractivity contribution in [2.75, 3.05) is 0 Å². The van der Waals surface area contributed by atoms with Crippen molar-refractivity contribution >= 4 is 11.3 Å². The van der Waals surface area contributed by atoms with E-state index in [2.05, 4.69) is 164 Å². The smallest absolute Gasteiger partial charge is 0.0780 e. The van der Waals surface area contributed by atoms with E-state index >= 15 is 0 Å². The normalized spacial score (nSPS) is 14.9. The first-order valence-electron chi connectivity index (χ1n) is 17.8. The van der Waals surface area contributed by atoms with Crippen molar-refractivity contribution in [1.82, 2.24) is 0 Å². The van der Waals surface area contributed by atoms with Gasteiger partial charge >= 0.3 is 0 Å². The lowest BCUT2D eigenvalue weighted by Crippen LogP contribution is -2.09. The number of hydrogen-bond donors (Lipinski definition) is 0. The molecule has 0 bridgehead atoms. The van der Waals surface area contributed by atoms with Gasteiger partial charge in [0, 0.05) is 11.5 Å². The minimum absolute atomic E-state index is 0.474. The molecule has 1 aliphatic carbocycles. The molecule has 0 saturated heterocycles. The van der Waals surface area contributed by atoms with Gasteiger partial charge in [0.25, 0.3) is 0 Å². The fourth-order valence-corrected chi connectivity index (χ4v) is 6.27. The van der Waals surface area contributed by atoms with Crippen LogP contribution in [0.5, 0.6) is 0 Å². The van der Waals surface area contributed by atoms with Crippen molar-refractivity contribution in [2.45, 2.75) is 87.0 Å². The topological polar surface area (TPSA) is 12.4 Å². The third-order valence-corrected chi connectivity index (χ3v) is 9.08. The predicted molar refractivity (Wildman–Crippen MR) is 218 cm³/mol. The Labute approximate surface area is 298 Å². The maximum Gasteiger partial charge on any atom is 0.0780 e.